The van der Waals surface area contributed by atoms with Crippen LogP contribution in [-0.4, -0.2) is 16.1 Å². The number of rotatable bonds is 5. The van der Waals surface area contributed by atoms with E-state index in [1.165, 1.54) is 5.56 Å². The monoisotopic (exact) mass is 383 g/mol. The van der Waals surface area contributed by atoms with Crippen LogP contribution in [0.3, 0.4) is 0 Å². The van der Waals surface area contributed by atoms with Crippen LogP contribution in [0.2, 0.25) is 0 Å². The topological polar surface area (TPSA) is 68.0 Å². The van der Waals surface area contributed by atoms with Crippen LogP contribution < -0.4 is 5.32 Å². The highest BCUT2D eigenvalue weighted by molar-refractivity contribution is 5.96. The number of anilines is 1. The molecule has 0 aliphatic carbocycles. The summed E-state index contributed by atoms with van der Waals surface area (Å²) >= 11 is 0. The second-order valence-electron chi connectivity index (χ2n) is 6.96. The van der Waals surface area contributed by atoms with E-state index in [9.17, 15) is 4.79 Å². The first-order valence-electron chi connectivity index (χ1n) is 9.44. The molecular formula is C24H21N3O2. The Hall–Kier alpha value is -3.73. The van der Waals surface area contributed by atoms with Crippen LogP contribution in [0.25, 0.3) is 11.5 Å². The molecular weight excluding hydrogens is 362 g/mol. The molecule has 0 radical (unpaired) electrons. The van der Waals surface area contributed by atoms with E-state index in [2.05, 4.69) is 15.5 Å². The maximum atomic E-state index is 13.1. The van der Waals surface area contributed by atoms with Crippen LogP contribution in [-0.2, 0) is 4.79 Å². The maximum absolute atomic E-state index is 13.1. The van der Waals surface area contributed by atoms with Crippen LogP contribution in [0.5, 0.6) is 0 Å². The van der Waals surface area contributed by atoms with Crippen LogP contribution in [0.1, 0.15) is 28.2 Å². The Kier molecular flexibility index (Phi) is 5.20. The lowest BCUT2D eigenvalue weighted by Gasteiger charge is -2.16. The number of carbonyl (C=O) groups excluding carboxylic acids is 1. The Morgan fingerprint density at radius 3 is 2.03 bits per heavy atom. The lowest BCUT2D eigenvalue weighted by molar-refractivity contribution is -0.116. The van der Waals surface area contributed by atoms with Gasteiger partial charge in [-0.3, -0.25) is 10.1 Å². The molecule has 1 N–H and O–H groups in total. The van der Waals surface area contributed by atoms with Crippen molar-refractivity contribution in [1.82, 2.24) is 10.2 Å². The molecule has 0 spiro atoms. The third kappa shape index (κ3) is 4.09. The highest BCUT2D eigenvalue weighted by Crippen LogP contribution is 2.27. The van der Waals surface area contributed by atoms with Gasteiger partial charge < -0.3 is 4.42 Å². The van der Waals surface area contributed by atoms with Gasteiger partial charge in [0, 0.05) is 5.56 Å². The predicted octanol–water partition coefficient (Wildman–Crippen LogP) is 5.12. The molecule has 5 heteroatoms. The van der Waals surface area contributed by atoms with Crippen molar-refractivity contribution in [2.75, 3.05) is 5.32 Å². The standard InChI is InChI=1S/C24H21N3O2/c1-16-13-14-20(15-17(16)2)23-26-27-24(29-23)25-22(28)21(18-9-5-3-6-10-18)19-11-7-4-8-12-19/h3-15,21H,1-2H3,(H,25,27,28). The van der Waals surface area contributed by atoms with Gasteiger partial charge in [0.15, 0.2) is 0 Å². The molecule has 1 heterocycles. The highest BCUT2D eigenvalue weighted by Gasteiger charge is 2.24. The molecule has 0 fully saturated rings. The van der Waals surface area contributed by atoms with Crippen LogP contribution in [0.15, 0.2) is 83.3 Å². The Bertz CT molecular complexity index is 1080. The van der Waals surface area contributed by atoms with E-state index in [1.54, 1.807) is 0 Å². The minimum Gasteiger partial charge on any atom is -0.403 e. The smallest absolute Gasteiger partial charge is 0.322 e. The van der Waals surface area contributed by atoms with Gasteiger partial charge >= 0.3 is 6.01 Å². The minimum atomic E-state index is -0.477. The zero-order chi connectivity index (χ0) is 20.2. The molecule has 4 aromatic rings. The second-order valence-corrected chi connectivity index (χ2v) is 6.96. The summed E-state index contributed by atoms with van der Waals surface area (Å²) in [7, 11) is 0. The highest BCUT2D eigenvalue weighted by atomic mass is 16.4. The summed E-state index contributed by atoms with van der Waals surface area (Å²) < 4.78 is 5.70. The van der Waals surface area contributed by atoms with E-state index < -0.39 is 5.92 Å². The summed E-state index contributed by atoms with van der Waals surface area (Å²) in [6.45, 7) is 4.08. The van der Waals surface area contributed by atoms with Crippen molar-refractivity contribution in [2.24, 2.45) is 0 Å². The number of amides is 1. The summed E-state index contributed by atoms with van der Waals surface area (Å²) in [6, 6.07) is 25.3. The molecule has 0 aliphatic rings. The summed E-state index contributed by atoms with van der Waals surface area (Å²) in [5.74, 6) is -0.327. The number of nitrogens with zero attached hydrogens (tertiary/aromatic N) is 2. The number of aryl methyl sites for hydroxylation is 2. The van der Waals surface area contributed by atoms with E-state index in [-0.39, 0.29) is 11.9 Å². The van der Waals surface area contributed by atoms with Gasteiger partial charge in [0.25, 0.3) is 0 Å². The van der Waals surface area contributed by atoms with Crippen molar-refractivity contribution in [3.63, 3.8) is 0 Å². The van der Waals surface area contributed by atoms with Crippen molar-refractivity contribution in [1.29, 1.82) is 0 Å². The quantitative estimate of drug-likeness (QED) is 0.519. The fraction of sp³-hybridized carbons (Fsp3) is 0.125. The fourth-order valence-corrected chi connectivity index (χ4v) is 3.23. The molecule has 4 rings (SSSR count). The first-order valence-corrected chi connectivity index (χ1v) is 9.44. The van der Waals surface area contributed by atoms with Gasteiger partial charge in [-0.25, -0.2) is 0 Å². The average molecular weight is 383 g/mol. The third-order valence-electron chi connectivity index (χ3n) is 4.94. The van der Waals surface area contributed by atoms with E-state index in [4.69, 9.17) is 4.42 Å². The fourth-order valence-electron chi connectivity index (χ4n) is 3.23. The van der Waals surface area contributed by atoms with Gasteiger partial charge in [0.05, 0.1) is 5.92 Å². The molecule has 0 saturated heterocycles. The molecule has 1 amide bonds. The van der Waals surface area contributed by atoms with Crippen molar-refractivity contribution < 1.29 is 9.21 Å². The van der Waals surface area contributed by atoms with E-state index in [1.807, 2.05) is 92.7 Å². The molecule has 0 saturated carbocycles. The van der Waals surface area contributed by atoms with Gasteiger partial charge in [0.2, 0.25) is 11.8 Å². The van der Waals surface area contributed by atoms with E-state index >= 15 is 0 Å². The number of aromatic nitrogens is 2. The number of nitrogens with one attached hydrogen (secondary N) is 1. The van der Waals surface area contributed by atoms with Gasteiger partial charge in [0.1, 0.15) is 0 Å². The molecule has 1 aromatic heterocycles. The molecule has 29 heavy (non-hydrogen) atoms. The molecule has 0 bridgehead atoms. The van der Waals surface area contributed by atoms with E-state index in [0.717, 1.165) is 22.3 Å². The second kappa shape index (κ2) is 8.10. The zero-order valence-corrected chi connectivity index (χ0v) is 16.3. The van der Waals surface area contributed by atoms with Crippen molar-refractivity contribution in [2.45, 2.75) is 19.8 Å². The lowest BCUT2D eigenvalue weighted by atomic mass is 9.90. The van der Waals surface area contributed by atoms with Crippen molar-refractivity contribution >= 4 is 11.9 Å². The Morgan fingerprint density at radius 2 is 1.45 bits per heavy atom. The van der Waals surface area contributed by atoms with Gasteiger partial charge in [-0.05, 0) is 48.2 Å². The molecule has 0 atom stereocenters. The van der Waals surface area contributed by atoms with Crippen LogP contribution >= 0.6 is 0 Å². The Balaban J connectivity index is 1.60. The summed E-state index contributed by atoms with van der Waals surface area (Å²) in [6.07, 6.45) is 0. The van der Waals surface area contributed by atoms with E-state index in [0.29, 0.717) is 5.89 Å². The Labute approximate surface area is 169 Å². The minimum absolute atomic E-state index is 0.0834. The SMILES string of the molecule is Cc1ccc(-c2nnc(NC(=O)C(c3ccccc3)c3ccccc3)o2)cc1C. The average Bonchev–Trinajstić information content (AvgIpc) is 3.20. The van der Waals surface area contributed by atoms with Crippen molar-refractivity contribution in [3.05, 3.63) is 101 Å². The molecule has 5 nitrogen and oxygen atoms in total. The maximum Gasteiger partial charge on any atom is 0.322 e. The first-order chi connectivity index (χ1) is 14.1. The summed E-state index contributed by atoms with van der Waals surface area (Å²) in [5, 5.41) is 10.9. The first kappa shape index (κ1) is 18.6. The van der Waals surface area contributed by atoms with Crippen LogP contribution in [0.4, 0.5) is 6.01 Å². The molecule has 3 aromatic carbocycles. The number of hydrogen-bond acceptors (Lipinski definition) is 4. The predicted molar refractivity (Wildman–Crippen MR) is 113 cm³/mol. The van der Waals surface area contributed by atoms with Gasteiger partial charge in [-0.2, -0.15) is 0 Å². The summed E-state index contributed by atoms with van der Waals surface area (Å²) in [5.41, 5.74) is 4.94. The molecule has 0 aliphatic heterocycles. The van der Waals surface area contributed by atoms with Gasteiger partial charge in [-0.1, -0.05) is 71.8 Å². The number of benzene rings is 3. The number of carbonyl (C=O) groups is 1. The van der Waals surface area contributed by atoms with Crippen LogP contribution in [0, 0.1) is 13.8 Å². The third-order valence-corrected chi connectivity index (χ3v) is 4.94. The molecule has 0 unspecified atom stereocenters. The summed E-state index contributed by atoms with van der Waals surface area (Å²) in [4.78, 5) is 13.1. The van der Waals surface area contributed by atoms with Crippen molar-refractivity contribution in [3.8, 4) is 11.5 Å². The zero-order valence-electron chi connectivity index (χ0n) is 16.3. The largest absolute Gasteiger partial charge is 0.403 e. The Morgan fingerprint density at radius 1 is 0.828 bits per heavy atom. The van der Waals surface area contributed by atoms with Gasteiger partial charge in [-0.15, -0.1) is 5.10 Å². The molecule has 144 valence electrons. The number of hydrogen-bond donors (Lipinski definition) is 1. The lowest BCUT2D eigenvalue weighted by Crippen LogP contribution is -2.22. The normalized spacial score (nSPS) is 10.9.